The van der Waals surface area contributed by atoms with Crippen molar-refractivity contribution in [3.8, 4) is 0 Å². The van der Waals surface area contributed by atoms with E-state index in [0.29, 0.717) is 6.42 Å². The van der Waals surface area contributed by atoms with Crippen LogP contribution in [0.5, 0.6) is 0 Å². The van der Waals surface area contributed by atoms with Crippen LogP contribution in [-0.4, -0.2) is 25.2 Å². The molecule has 4 heteroatoms. The molecule has 0 unspecified atom stereocenters. The molecule has 0 aliphatic heterocycles. The summed E-state index contributed by atoms with van der Waals surface area (Å²) in [5.41, 5.74) is 0. The van der Waals surface area contributed by atoms with Crippen molar-refractivity contribution in [2.45, 2.75) is 58.3 Å². The van der Waals surface area contributed by atoms with E-state index in [-0.39, 0.29) is 5.06 Å². The number of hydroxylamine groups is 2. The molecule has 0 aromatic rings. The third-order valence-corrected chi connectivity index (χ3v) is 1.99. The average Bonchev–Trinajstić information content (AvgIpc) is 2.15. The number of unbranched alkanes of at least 4 members (excludes halogenated alkanes) is 6. The molecule has 0 amide bonds. The molecular weight excluding hydrogens is 206 g/mol. The van der Waals surface area contributed by atoms with Gasteiger partial charge in [-0.15, -0.1) is 0 Å². The molecule has 2 N–H and O–H groups in total. The minimum atomic E-state index is -0.663. The van der Waals surface area contributed by atoms with E-state index in [1.54, 1.807) is 0 Å². The number of carbonyl (C=O) groups is 1. The highest BCUT2D eigenvalue weighted by Gasteiger charge is 1.95. The highest BCUT2D eigenvalue weighted by molar-refractivity contribution is 5.66. The van der Waals surface area contributed by atoms with Gasteiger partial charge in [0.25, 0.3) is 0 Å². The van der Waals surface area contributed by atoms with E-state index in [0.717, 1.165) is 12.8 Å². The Kier molecular flexibility index (Phi) is 16.0. The predicted molar refractivity (Wildman–Crippen MR) is 66.4 cm³/mol. The number of quaternary nitrogens is 1. The van der Waals surface area contributed by atoms with Gasteiger partial charge in [-0.05, 0) is 6.42 Å². The molecule has 16 heavy (non-hydrogen) atoms. The van der Waals surface area contributed by atoms with Crippen molar-refractivity contribution in [3.63, 3.8) is 0 Å². The quantitative estimate of drug-likeness (QED) is 0.496. The number of nitrogens with one attached hydrogen (secondary N) is 1. The lowest BCUT2D eigenvalue weighted by Crippen LogP contribution is -3.00. The van der Waals surface area contributed by atoms with Gasteiger partial charge in [-0.1, -0.05) is 45.4 Å². The van der Waals surface area contributed by atoms with Crippen molar-refractivity contribution in [2.75, 3.05) is 14.1 Å². The van der Waals surface area contributed by atoms with E-state index >= 15 is 0 Å². The van der Waals surface area contributed by atoms with Crippen molar-refractivity contribution in [1.29, 1.82) is 0 Å². The van der Waals surface area contributed by atoms with Crippen molar-refractivity contribution in [2.24, 2.45) is 0 Å². The predicted octanol–water partition coefficient (Wildman–Crippen LogP) is 1.84. The first-order valence-electron chi connectivity index (χ1n) is 6.19. The molecule has 0 aliphatic rings. The van der Waals surface area contributed by atoms with Crippen LogP contribution in [0.25, 0.3) is 0 Å². The normalized spacial score (nSPS) is 9.81. The first-order valence-corrected chi connectivity index (χ1v) is 6.19. The van der Waals surface area contributed by atoms with Crippen LogP contribution < -0.4 is 5.06 Å². The van der Waals surface area contributed by atoms with Crippen LogP contribution in [0.15, 0.2) is 0 Å². The fraction of sp³-hybridized carbons (Fsp3) is 0.917. The molecule has 98 valence electrons. The number of rotatable bonds is 8. The summed E-state index contributed by atoms with van der Waals surface area (Å²) in [6.45, 7) is 2.20. The molecule has 0 fully saturated rings. The largest absolute Gasteiger partial charge is 0.635 e. The zero-order valence-corrected chi connectivity index (χ0v) is 10.9. The summed E-state index contributed by atoms with van der Waals surface area (Å²) in [7, 11) is 3.06. The van der Waals surface area contributed by atoms with E-state index in [1.807, 2.05) is 0 Å². The summed E-state index contributed by atoms with van der Waals surface area (Å²) in [5, 5.41) is 18.0. The van der Waals surface area contributed by atoms with Gasteiger partial charge in [0.1, 0.15) is 0 Å². The van der Waals surface area contributed by atoms with E-state index in [4.69, 9.17) is 5.11 Å². The second-order valence-corrected chi connectivity index (χ2v) is 4.17. The fourth-order valence-electron chi connectivity index (χ4n) is 1.23. The van der Waals surface area contributed by atoms with Crippen molar-refractivity contribution in [3.05, 3.63) is 5.21 Å². The summed E-state index contributed by atoms with van der Waals surface area (Å²) >= 11 is 0. The van der Waals surface area contributed by atoms with Crippen LogP contribution in [0, 0.1) is 5.21 Å². The average molecular weight is 233 g/mol. The van der Waals surface area contributed by atoms with E-state index < -0.39 is 5.97 Å². The van der Waals surface area contributed by atoms with Crippen LogP contribution in [0.3, 0.4) is 0 Å². The Hall–Kier alpha value is -0.610. The van der Waals surface area contributed by atoms with Crippen LogP contribution >= 0.6 is 0 Å². The summed E-state index contributed by atoms with van der Waals surface area (Å²) in [5.74, 6) is -0.663. The number of carboxylic acids is 1. The van der Waals surface area contributed by atoms with Gasteiger partial charge in [-0.2, -0.15) is 0 Å². The second kappa shape index (κ2) is 14.4. The van der Waals surface area contributed by atoms with Gasteiger partial charge in [-0.3, -0.25) is 4.79 Å². The Labute approximate surface area is 99.2 Å². The summed E-state index contributed by atoms with van der Waals surface area (Å²) in [4.78, 5) is 10.1. The zero-order chi connectivity index (χ0) is 12.8. The number of hydrogen-bond donors (Lipinski definition) is 2. The molecule has 0 aromatic carbocycles. The van der Waals surface area contributed by atoms with Gasteiger partial charge >= 0.3 is 5.97 Å². The standard InChI is InChI=1S/C10H20O2.C2H7NO/c1-2-3-4-5-6-7-8-9-10(11)12;1-3(2)4/h2-9H2,1H3,(H,11,12);3H,1-2H3. The first kappa shape index (κ1) is 17.8. The van der Waals surface area contributed by atoms with Gasteiger partial charge in [0, 0.05) is 6.42 Å². The Morgan fingerprint density at radius 1 is 1.06 bits per heavy atom. The monoisotopic (exact) mass is 233 g/mol. The second-order valence-electron chi connectivity index (χ2n) is 4.17. The van der Waals surface area contributed by atoms with Crippen LogP contribution in [0.2, 0.25) is 0 Å². The summed E-state index contributed by atoms with van der Waals surface area (Å²) < 4.78 is 0. The number of carboxylic acid groups (broad SMARTS) is 1. The SMILES string of the molecule is CCCCCCCCCC(=O)O.C[NH+](C)[O-]. The maximum atomic E-state index is 10.1. The van der Waals surface area contributed by atoms with Crippen molar-refractivity contribution in [1.82, 2.24) is 0 Å². The van der Waals surface area contributed by atoms with Crippen molar-refractivity contribution >= 4 is 5.97 Å². The Morgan fingerprint density at radius 3 is 1.81 bits per heavy atom. The highest BCUT2D eigenvalue weighted by Crippen LogP contribution is 2.07. The molecule has 0 atom stereocenters. The maximum Gasteiger partial charge on any atom is 0.303 e. The third kappa shape index (κ3) is 29.2. The molecule has 0 saturated carbocycles. The Balaban J connectivity index is 0. The minimum Gasteiger partial charge on any atom is -0.635 e. The lowest BCUT2D eigenvalue weighted by Gasteiger charge is -2.04. The molecule has 0 bridgehead atoms. The number of hydrogen-bond acceptors (Lipinski definition) is 2. The molecule has 0 saturated heterocycles. The van der Waals surface area contributed by atoms with E-state index in [1.165, 1.54) is 46.2 Å². The zero-order valence-electron chi connectivity index (χ0n) is 10.9. The van der Waals surface area contributed by atoms with E-state index in [9.17, 15) is 10.0 Å². The van der Waals surface area contributed by atoms with Crippen LogP contribution in [0.1, 0.15) is 58.3 Å². The topological polar surface area (TPSA) is 64.8 Å². The lowest BCUT2D eigenvalue weighted by molar-refractivity contribution is -0.802. The maximum absolute atomic E-state index is 10.1. The molecule has 0 spiro atoms. The van der Waals surface area contributed by atoms with Gasteiger partial charge in [-0.25, -0.2) is 0 Å². The van der Waals surface area contributed by atoms with Gasteiger partial charge in [0.15, 0.2) is 0 Å². The number of aliphatic carboxylic acids is 1. The molecule has 0 heterocycles. The summed E-state index contributed by atoms with van der Waals surface area (Å²) in [6.07, 6.45) is 8.64. The Morgan fingerprint density at radius 2 is 1.44 bits per heavy atom. The molecule has 0 aromatic heterocycles. The van der Waals surface area contributed by atoms with E-state index in [2.05, 4.69) is 6.92 Å². The first-order chi connectivity index (χ1) is 7.50. The molecule has 4 nitrogen and oxygen atoms in total. The highest BCUT2D eigenvalue weighted by atomic mass is 16.5. The Bertz CT molecular complexity index is 146. The fourth-order valence-corrected chi connectivity index (χ4v) is 1.23. The smallest absolute Gasteiger partial charge is 0.303 e. The molecular formula is C12H27NO3. The van der Waals surface area contributed by atoms with Gasteiger partial charge in [0.05, 0.1) is 14.1 Å². The molecule has 0 rings (SSSR count). The van der Waals surface area contributed by atoms with Crippen molar-refractivity contribution < 1.29 is 15.0 Å². The van der Waals surface area contributed by atoms with Crippen LogP contribution in [0.4, 0.5) is 0 Å². The molecule has 0 aliphatic carbocycles. The van der Waals surface area contributed by atoms with Gasteiger partial charge in [0.2, 0.25) is 0 Å². The van der Waals surface area contributed by atoms with Gasteiger partial charge < -0.3 is 15.4 Å². The minimum absolute atomic E-state index is 0.167. The molecule has 0 radical (unpaired) electrons. The summed E-state index contributed by atoms with van der Waals surface area (Å²) in [6, 6.07) is 0. The third-order valence-electron chi connectivity index (χ3n) is 1.99. The lowest BCUT2D eigenvalue weighted by atomic mass is 10.1. The van der Waals surface area contributed by atoms with Crippen LogP contribution in [-0.2, 0) is 4.79 Å².